The van der Waals surface area contributed by atoms with Crippen LogP contribution in [-0.2, 0) is 4.79 Å². The third kappa shape index (κ3) is 5.47. The van der Waals surface area contributed by atoms with Gasteiger partial charge in [-0.3, -0.25) is 4.79 Å². The molecule has 0 aliphatic heterocycles. The van der Waals surface area contributed by atoms with E-state index in [2.05, 4.69) is 24.1 Å². The Bertz CT molecular complexity index is 214. The van der Waals surface area contributed by atoms with Crippen molar-refractivity contribution in [1.29, 1.82) is 0 Å². The maximum atomic E-state index is 11.5. The maximum Gasteiger partial charge on any atom is 0.221 e. The first-order valence-electron chi connectivity index (χ1n) is 6.37. The molecule has 0 aromatic heterocycles. The number of amides is 1. The summed E-state index contributed by atoms with van der Waals surface area (Å²) in [6.07, 6.45) is 3.93. The highest BCUT2D eigenvalue weighted by Crippen LogP contribution is 2.18. The maximum absolute atomic E-state index is 11.5. The third-order valence-electron chi connectivity index (χ3n) is 2.95. The number of nitrogens with one attached hydrogen (secondary N) is 1. The smallest absolute Gasteiger partial charge is 0.221 e. The van der Waals surface area contributed by atoms with Crippen molar-refractivity contribution in [3.05, 3.63) is 0 Å². The van der Waals surface area contributed by atoms with Crippen LogP contribution in [-0.4, -0.2) is 42.5 Å². The second-order valence-electron chi connectivity index (χ2n) is 4.86. The fraction of sp³-hybridized carbons (Fsp3) is 0.917. The Morgan fingerprint density at radius 1 is 1.44 bits per heavy atom. The minimum atomic E-state index is 0.195. The first-order valence-corrected chi connectivity index (χ1v) is 6.37. The molecule has 0 heterocycles. The van der Waals surface area contributed by atoms with Crippen molar-refractivity contribution >= 4 is 5.91 Å². The molecule has 0 unspecified atom stereocenters. The zero-order valence-electron chi connectivity index (χ0n) is 10.5. The van der Waals surface area contributed by atoms with E-state index in [4.69, 9.17) is 5.73 Å². The van der Waals surface area contributed by atoms with Gasteiger partial charge in [0.2, 0.25) is 5.91 Å². The van der Waals surface area contributed by atoms with Crippen molar-refractivity contribution in [2.45, 2.75) is 51.6 Å². The summed E-state index contributed by atoms with van der Waals surface area (Å²) in [5.41, 5.74) is 5.50. The number of carbonyl (C=O) groups excluding carboxylic acids is 1. The van der Waals surface area contributed by atoms with E-state index in [-0.39, 0.29) is 5.91 Å². The van der Waals surface area contributed by atoms with Gasteiger partial charge in [0.15, 0.2) is 0 Å². The van der Waals surface area contributed by atoms with Crippen LogP contribution in [0.1, 0.15) is 39.5 Å². The second-order valence-corrected chi connectivity index (χ2v) is 4.86. The van der Waals surface area contributed by atoms with Gasteiger partial charge in [0.1, 0.15) is 0 Å². The summed E-state index contributed by atoms with van der Waals surface area (Å²) in [6.45, 7) is 6.88. The van der Waals surface area contributed by atoms with Crippen LogP contribution in [0, 0.1) is 0 Å². The van der Waals surface area contributed by atoms with Crippen LogP contribution in [0.15, 0.2) is 0 Å². The van der Waals surface area contributed by atoms with E-state index in [1.807, 2.05) is 0 Å². The number of nitrogens with zero attached hydrogens (tertiary/aromatic N) is 1. The van der Waals surface area contributed by atoms with Crippen LogP contribution in [0.5, 0.6) is 0 Å². The Kier molecular flexibility index (Phi) is 5.77. The minimum absolute atomic E-state index is 0.195. The lowest BCUT2D eigenvalue weighted by Crippen LogP contribution is -2.37. The number of rotatable bonds is 8. The van der Waals surface area contributed by atoms with Gasteiger partial charge in [0.25, 0.3) is 0 Å². The highest BCUT2D eigenvalue weighted by Gasteiger charge is 2.23. The summed E-state index contributed by atoms with van der Waals surface area (Å²) in [5, 5.41) is 3.01. The molecule has 1 amide bonds. The Morgan fingerprint density at radius 2 is 2.12 bits per heavy atom. The predicted octanol–water partition coefficient (Wildman–Crippen LogP) is 0.714. The molecule has 3 N–H and O–H groups in total. The lowest BCUT2D eigenvalue weighted by molar-refractivity contribution is -0.121. The summed E-state index contributed by atoms with van der Waals surface area (Å²) >= 11 is 0. The molecule has 1 saturated carbocycles. The molecule has 1 aliphatic rings. The van der Waals surface area contributed by atoms with Crippen LogP contribution in [0.4, 0.5) is 0 Å². The van der Waals surface area contributed by atoms with Crippen molar-refractivity contribution in [1.82, 2.24) is 10.2 Å². The Labute approximate surface area is 98.6 Å². The van der Waals surface area contributed by atoms with E-state index in [1.54, 1.807) is 0 Å². The molecule has 1 aliphatic carbocycles. The van der Waals surface area contributed by atoms with Gasteiger partial charge in [-0.1, -0.05) is 0 Å². The van der Waals surface area contributed by atoms with E-state index in [9.17, 15) is 4.79 Å². The average Bonchev–Trinajstić information content (AvgIpc) is 3.01. The van der Waals surface area contributed by atoms with Crippen molar-refractivity contribution < 1.29 is 4.79 Å². The van der Waals surface area contributed by atoms with E-state index >= 15 is 0 Å². The van der Waals surface area contributed by atoms with Gasteiger partial charge in [0, 0.05) is 25.0 Å². The first-order chi connectivity index (χ1) is 7.63. The highest BCUT2D eigenvalue weighted by atomic mass is 16.1. The molecule has 4 heteroatoms. The summed E-state index contributed by atoms with van der Waals surface area (Å²) in [7, 11) is 0. The molecule has 0 saturated heterocycles. The average molecular weight is 227 g/mol. The summed E-state index contributed by atoms with van der Waals surface area (Å²) in [5.74, 6) is 0.195. The van der Waals surface area contributed by atoms with Crippen molar-refractivity contribution in [2.75, 3.05) is 19.6 Å². The van der Waals surface area contributed by atoms with Gasteiger partial charge < -0.3 is 16.0 Å². The summed E-state index contributed by atoms with van der Waals surface area (Å²) < 4.78 is 0. The first kappa shape index (κ1) is 13.5. The molecular formula is C12H25N3O. The second kappa shape index (κ2) is 6.86. The summed E-state index contributed by atoms with van der Waals surface area (Å²) in [4.78, 5) is 13.9. The minimum Gasteiger partial charge on any atom is -0.353 e. The van der Waals surface area contributed by atoms with Gasteiger partial charge >= 0.3 is 0 Å². The van der Waals surface area contributed by atoms with Crippen LogP contribution in [0.25, 0.3) is 0 Å². The molecule has 16 heavy (non-hydrogen) atoms. The van der Waals surface area contributed by atoms with Gasteiger partial charge in [-0.25, -0.2) is 0 Å². The standard InChI is InChI=1S/C12H25N3O/c1-10(2)15(8-3-7-13)9-6-12(16)14-11-4-5-11/h10-11H,3-9,13H2,1-2H3,(H,14,16). The van der Waals surface area contributed by atoms with Crippen LogP contribution in [0.3, 0.4) is 0 Å². The van der Waals surface area contributed by atoms with Crippen LogP contribution in [0.2, 0.25) is 0 Å². The summed E-state index contributed by atoms with van der Waals surface area (Å²) in [6, 6.07) is 0.962. The zero-order valence-corrected chi connectivity index (χ0v) is 10.5. The number of hydrogen-bond donors (Lipinski definition) is 2. The molecule has 0 atom stereocenters. The van der Waals surface area contributed by atoms with Gasteiger partial charge in [-0.05, 0) is 46.2 Å². The molecule has 0 aromatic rings. The molecule has 1 rings (SSSR count). The van der Waals surface area contributed by atoms with Crippen molar-refractivity contribution in [3.8, 4) is 0 Å². The van der Waals surface area contributed by atoms with E-state index < -0.39 is 0 Å². The Balaban J connectivity index is 2.16. The van der Waals surface area contributed by atoms with Gasteiger partial charge in [-0.15, -0.1) is 0 Å². The van der Waals surface area contributed by atoms with Crippen molar-refractivity contribution in [3.63, 3.8) is 0 Å². The molecule has 0 aromatic carbocycles. The SMILES string of the molecule is CC(C)N(CCCN)CCC(=O)NC1CC1. The van der Waals surface area contributed by atoms with E-state index in [0.29, 0.717) is 18.5 Å². The lowest BCUT2D eigenvalue weighted by Gasteiger charge is -2.25. The molecule has 0 radical (unpaired) electrons. The molecule has 4 nitrogen and oxygen atoms in total. The predicted molar refractivity (Wildman–Crippen MR) is 66.2 cm³/mol. The van der Waals surface area contributed by atoms with Crippen molar-refractivity contribution in [2.24, 2.45) is 5.73 Å². The molecule has 0 bridgehead atoms. The van der Waals surface area contributed by atoms with Crippen LogP contribution < -0.4 is 11.1 Å². The number of nitrogens with two attached hydrogens (primary N) is 1. The molecule has 1 fully saturated rings. The Morgan fingerprint density at radius 3 is 2.62 bits per heavy atom. The zero-order chi connectivity index (χ0) is 12.0. The monoisotopic (exact) mass is 227 g/mol. The van der Waals surface area contributed by atoms with Gasteiger partial charge in [-0.2, -0.15) is 0 Å². The number of carbonyl (C=O) groups is 1. The largest absolute Gasteiger partial charge is 0.353 e. The number of hydrogen-bond acceptors (Lipinski definition) is 3. The fourth-order valence-corrected chi connectivity index (χ4v) is 1.70. The quantitative estimate of drug-likeness (QED) is 0.642. The van der Waals surface area contributed by atoms with Gasteiger partial charge in [0.05, 0.1) is 0 Å². The fourth-order valence-electron chi connectivity index (χ4n) is 1.70. The molecule has 94 valence electrons. The van der Waals surface area contributed by atoms with E-state index in [0.717, 1.165) is 38.9 Å². The Hall–Kier alpha value is -0.610. The molecular weight excluding hydrogens is 202 g/mol. The normalized spacial score (nSPS) is 15.8. The van der Waals surface area contributed by atoms with Crippen LogP contribution >= 0.6 is 0 Å². The molecule has 0 spiro atoms. The lowest BCUT2D eigenvalue weighted by atomic mass is 10.2. The highest BCUT2D eigenvalue weighted by molar-refractivity contribution is 5.76. The third-order valence-corrected chi connectivity index (χ3v) is 2.95. The van der Waals surface area contributed by atoms with E-state index in [1.165, 1.54) is 0 Å². The topological polar surface area (TPSA) is 58.4 Å².